The van der Waals surface area contributed by atoms with Crippen molar-refractivity contribution < 1.29 is 9.53 Å². The molecule has 0 bridgehead atoms. The van der Waals surface area contributed by atoms with Crippen molar-refractivity contribution in [3.8, 4) is 5.75 Å². The van der Waals surface area contributed by atoms with Crippen molar-refractivity contribution in [3.05, 3.63) is 47.1 Å². The number of hydrogen-bond donors (Lipinski definition) is 1. The van der Waals surface area contributed by atoms with Gasteiger partial charge in [-0.3, -0.25) is 4.79 Å². The van der Waals surface area contributed by atoms with E-state index in [1.807, 2.05) is 4.90 Å². The van der Waals surface area contributed by atoms with Crippen LogP contribution in [0.2, 0.25) is 5.02 Å². The van der Waals surface area contributed by atoms with Crippen LogP contribution in [0.1, 0.15) is 16.8 Å². The van der Waals surface area contributed by atoms with Gasteiger partial charge in [0.2, 0.25) is 5.95 Å². The van der Waals surface area contributed by atoms with Gasteiger partial charge < -0.3 is 15.0 Å². The van der Waals surface area contributed by atoms with Crippen LogP contribution in [0.5, 0.6) is 5.75 Å². The lowest BCUT2D eigenvalue weighted by Gasteiger charge is -2.31. The molecule has 8 heteroatoms. The second-order valence-corrected chi connectivity index (χ2v) is 6.21. The third kappa shape index (κ3) is 2.98. The van der Waals surface area contributed by atoms with Crippen LogP contribution < -0.4 is 10.1 Å². The van der Waals surface area contributed by atoms with Crippen molar-refractivity contribution in [2.75, 3.05) is 25.5 Å². The van der Waals surface area contributed by atoms with Crippen LogP contribution in [0.3, 0.4) is 0 Å². The number of ether oxygens (including phenoxy) is 1. The van der Waals surface area contributed by atoms with Crippen molar-refractivity contribution >= 4 is 34.8 Å². The monoisotopic (exact) mass is 357 g/mol. The van der Waals surface area contributed by atoms with E-state index < -0.39 is 0 Å². The summed E-state index contributed by atoms with van der Waals surface area (Å²) in [7, 11) is 1.56. The Balaban J connectivity index is 1.61. The van der Waals surface area contributed by atoms with Crippen LogP contribution in [0.15, 0.2) is 36.5 Å². The number of benzene rings is 1. The van der Waals surface area contributed by atoms with E-state index >= 15 is 0 Å². The summed E-state index contributed by atoms with van der Waals surface area (Å²) in [5.41, 5.74) is 1.93. The molecule has 4 rings (SSSR count). The van der Waals surface area contributed by atoms with E-state index in [9.17, 15) is 4.79 Å². The van der Waals surface area contributed by atoms with E-state index in [4.69, 9.17) is 16.3 Å². The highest BCUT2D eigenvalue weighted by molar-refractivity contribution is 6.30. The van der Waals surface area contributed by atoms with E-state index in [1.54, 1.807) is 48.2 Å². The first kappa shape index (κ1) is 15.7. The van der Waals surface area contributed by atoms with Crippen molar-refractivity contribution in [1.82, 2.24) is 19.5 Å². The van der Waals surface area contributed by atoms with Crippen molar-refractivity contribution in [2.24, 2.45) is 0 Å². The number of likely N-dealkylation sites (tertiary alicyclic amines) is 1. The molecule has 3 heterocycles. The number of aromatic nitrogens is 3. The van der Waals surface area contributed by atoms with Gasteiger partial charge in [0, 0.05) is 35.9 Å². The molecule has 0 aliphatic carbocycles. The number of carbonyl (C=O) groups excluding carboxylic acids is 1. The second kappa shape index (κ2) is 6.25. The largest absolute Gasteiger partial charge is 0.495 e. The Hall–Kier alpha value is -2.80. The quantitative estimate of drug-likeness (QED) is 0.777. The summed E-state index contributed by atoms with van der Waals surface area (Å²) >= 11 is 5.97. The SMILES string of the molecule is COc1cc(C(=O)N2CCC2)ccc1Nc1nc2cc(Cl)ccn2n1. The average molecular weight is 358 g/mol. The highest BCUT2D eigenvalue weighted by Crippen LogP contribution is 2.29. The van der Waals surface area contributed by atoms with E-state index in [1.165, 1.54) is 0 Å². The van der Waals surface area contributed by atoms with E-state index in [0.717, 1.165) is 19.5 Å². The zero-order valence-corrected chi connectivity index (χ0v) is 14.3. The lowest BCUT2D eigenvalue weighted by Crippen LogP contribution is -2.42. The Labute approximate surface area is 149 Å². The number of rotatable bonds is 4. The van der Waals surface area contributed by atoms with Gasteiger partial charge in [-0.2, -0.15) is 4.98 Å². The maximum absolute atomic E-state index is 12.3. The molecule has 1 saturated heterocycles. The number of fused-ring (bicyclic) bond motifs is 1. The maximum atomic E-state index is 12.3. The van der Waals surface area contributed by atoms with Gasteiger partial charge in [0.05, 0.1) is 12.8 Å². The molecule has 0 atom stereocenters. The highest BCUT2D eigenvalue weighted by atomic mass is 35.5. The predicted octanol–water partition coefficient (Wildman–Crippen LogP) is 2.98. The Morgan fingerprint density at radius 3 is 2.84 bits per heavy atom. The number of halogens is 1. The smallest absolute Gasteiger partial charge is 0.253 e. The van der Waals surface area contributed by atoms with Crippen molar-refractivity contribution in [2.45, 2.75) is 6.42 Å². The predicted molar refractivity (Wildman–Crippen MR) is 94.8 cm³/mol. The van der Waals surface area contributed by atoms with E-state index in [2.05, 4.69) is 15.4 Å². The summed E-state index contributed by atoms with van der Waals surface area (Å²) in [6.07, 6.45) is 2.80. The fourth-order valence-electron chi connectivity index (χ4n) is 2.66. The number of carbonyl (C=O) groups is 1. The minimum absolute atomic E-state index is 0.0246. The first-order chi connectivity index (χ1) is 12.1. The van der Waals surface area contributed by atoms with Gasteiger partial charge in [0.15, 0.2) is 5.65 Å². The molecule has 3 aromatic rings. The number of amides is 1. The molecule has 1 aromatic carbocycles. The summed E-state index contributed by atoms with van der Waals surface area (Å²) in [5, 5.41) is 8.05. The molecule has 1 fully saturated rings. The zero-order chi connectivity index (χ0) is 17.4. The van der Waals surface area contributed by atoms with Gasteiger partial charge in [-0.25, -0.2) is 4.52 Å². The lowest BCUT2D eigenvalue weighted by atomic mass is 10.1. The Kier molecular flexibility index (Phi) is 3.93. The fourth-order valence-corrected chi connectivity index (χ4v) is 2.81. The number of methoxy groups -OCH3 is 1. The molecule has 1 aliphatic heterocycles. The summed E-state index contributed by atoms with van der Waals surface area (Å²) in [4.78, 5) is 18.5. The van der Waals surface area contributed by atoms with E-state index in [0.29, 0.717) is 33.6 Å². The lowest BCUT2D eigenvalue weighted by molar-refractivity contribution is 0.0651. The average Bonchev–Trinajstić information content (AvgIpc) is 2.94. The topological polar surface area (TPSA) is 71.8 Å². The van der Waals surface area contributed by atoms with Gasteiger partial charge >= 0.3 is 0 Å². The van der Waals surface area contributed by atoms with Crippen molar-refractivity contribution in [3.63, 3.8) is 0 Å². The number of pyridine rings is 1. The molecular formula is C17H16ClN5O2. The molecule has 0 saturated carbocycles. The van der Waals surface area contributed by atoms with Gasteiger partial charge in [-0.05, 0) is 30.7 Å². The van der Waals surface area contributed by atoms with Crippen LogP contribution >= 0.6 is 11.6 Å². The normalized spacial score (nSPS) is 13.6. The molecule has 25 heavy (non-hydrogen) atoms. The third-order valence-electron chi connectivity index (χ3n) is 4.14. The van der Waals surface area contributed by atoms with Gasteiger partial charge in [0.1, 0.15) is 5.75 Å². The van der Waals surface area contributed by atoms with Crippen molar-refractivity contribution in [1.29, 1.82) is 0 Å². The third-order valence-corrected chi connectivity index (χ3v) is 4.37. The van der Waals surface area contributed by atoms with Gasteiger partial charge in [-0.15, -0.1) is 5.10 Å². The second-order valence-electron chi connectivity index (χ2n) is 5.77. The number of anilines is 2. The number of hydrogen-bond acceptors (Lipinski definition) is 5. The summed E-state index contributed by atoms with van der Waals surface area (Å²) in [6.45, 7) is 1.63. The molecule has 0 unspecified atom stereocenters. The Morgan fingerprint density at radius 2 is 2.12 bits per heavy atom. The Bertz CT molecular complexity index is 951. The van der Waals surface area contributed by atoms with E-state index in [-0.39, 0.29) is 5.91 Å². The molecule has 1 amide bonds. The van der Waals surface area contributed by atoms with Crippen LogP contribution in [0, 0.1) is 0 Å². The zero-order valence-electron chi connectivity index (χ0n) is 13.6. The number of nitrogens with zero attached hydrogens (tertiary/aromatic N) is 4. The summed E-state index contributed by atoms with van der Waals surface area (Å²) in [6, 6.07) is 8.77. The van der Waals surface area contributed by atoms with Crippen LogP contribution in [-0.4, -0.2) is 45.6 Å². The van der Waals surface area contributed by atoms with Gasteiger partial charge in [-0.1, -0.05) is 11.6 Å². The number of nitrogens with one attached hydrogen (secondary N) is 1. The highest BCUT2D eigenvalue weighted by Gasteiger charge is 2.22. The maximum Gasteiger partial charge on any atom is 0.253 e. The van der Waals surface area contributed by atoms with Crippen LogP contribution in [0.25, 0.3) is 5.65 Å². The minimum atomic E-state index is 0.0246. The summed E-state index contributed by atoms with van der Waals surface area (Å²) in [5.74, 6) is 1.00. The molecule has 1 aliphatic rings. The molecular weight excluding hydrogens is 342 g/mol. The van der Waals surface area contributed by atoms with Gasteiger partial charge in [0.25, 0.3) is 5.91 Å². The standard InChI is InChI=1S/C17H16ClN5O2/c1-25-14-9-11(16(24)22-6-2-7-22)3-4-13(14)19-17-20-15-10-12(18)5-8-23(15)21-17/h3-5,8-10H,2,6-7H2,1H3,(H,19,21). The minimum Gasteiger partial charge on any atom is -0.495 e. The molecule has 128 valence electrons. The van der Waals surface area contributed by atoms with Crippen LogP contribution in [-0.2, 0) is 0 Å². The summed E-state index contributed by atoms with van der Waals surface area (Å²) < 4.78 is 7.04. The first-order valence-corrected chi connectivity index (χ1v) is 8.28. The molecule has 0 spiro atoms. The molecule has 2 aromatic heterocycles. The Morgan fingerprint density at radius 1 is 1.28 bits per heavy atom. The molecule has 0 radical (unpaired) electrons. The fraction of sp³-hybridized carbons (Fsp3) is 0.235. The molecule has 1 N–H and O–H groups in total. The molecule has 7 nitrogen and oxygen atoms in total. The van der Waals surface area contributed by atoms with Crippen LogP contribution in [0.4, 0.5) is 11.6 Å². The first-order valence-electron chi connectivity index (χ1n) is 7.90.